The average Bonchev–Trinajstić information content (AvgIpc) is 2.89. The number of benzene rings is 1. The molecule has 2 rings (SSSR count). The number of nitrogens with one attached hydrogen (secondary N) is 1. The Kier molecular flexibility index (Phi) is 14.0. The first-order chi connectivity index (χ1) is 16.5. The van der Waals surface area contributed by atoms with Gasteiger partial charge in [-0.2, -0.15) is 0 Å². The van der Waals surface area contributed by atoms with Crippen molar-refractivity contribution in [3.05, 3.63) is 35.9 Å². The molecule has 1 aliphatic rings. The van der Waals surface area contributed by atoms with Crippen LogP contribution < -0.4 is 5.32 Å². The monoisotopic (exact) mass is 493 g/mol. The van der Waals surface area contributed by atoms with E-state index in [0.717, 1.165) is 51.4 Å². The summed E-state index contributed by atoms with van der Waals surface area (Å²) in [5, 5.41) is 3.16. The molecule has 0 bridgehead atoms. The predicted octanol–water partition coefficient (Wildman–Crippen LogP) is 9.10. The summed E-state index contributed by atoms with van der Waals surface area (Å²) in [6.45, 7) is 10.7. The van der Waals surface area contributed by atoms with Crippen molar-refractivity contribution in [3.63, 3.8) is 0 Å². The fourth-order valence-corrected chi connectivity index (χ4v) is 7.55. The van der Waals surface area contributed by atoms with Gasteiger partial charge in [-0.05, 0) is 43.1 Å². The molecule has 0 saturated heterocycles. The maximum atomic E-state index is 14.8. The lowest BCUT2D eigenvalue weighted by molar-refractivity contribution is 0.119. The van der Waals surface area contributed by atoms with E-state index < -0.39 is 12.9 Å². The Morgan fingerprint density at radius 3 is 1.85 bits per heavy atom. The van der Waals surface area contributed by atoms with Crippen molar-refractivity contribution in [2.24, 2.45) is 11.8 Å². The lowest BCUT2D eigenvalue weighted by Gasteiger charge is -2.43. The Hall–Kier alpha value is -0.670. The summed E-state index contributed by atoms with van der Waals surface area (Å²) in [5.74, 6) is 0.877. The van der Waals surface area contributed by atoms with E-state index in [1.165, 1.54) is 37.7 Å². The molecule has 1 N–H and O–H groups in total. The van der Waals surface area contributed by atoms with Crippen LogP contribution in [-0.2, 0) is 20.2 Å². The van der Waals surface area contributed by atoms with Gasteiger partial charge in [-0.3, -0.25) is 9.88 Å². The first-order valence-electron chi connectivity index (χ1n) is 14.2. The van der Waals surface area contributed by atoms with E-state index >= 15 is 0 Å². The summed E-state index contributed by atoms with van der Waals surface area (Å²) in [4.78, 5) is 0. The highest BCUT2D eigenvalue weighted by Crippen LogP contribution is 2.64. The van der Waals surface area contributed by atoms with Crippen molar-refractivity contribution in [2.45, 2.75) is 123 Å². The molecule has 2 unspecified atom stereocenters. The Balaban J connectivity index is 2.24. The van der Waals surface area contributed by atoms with Crippen LogP contribution in [0.4, 0.5) is 0 Å². The summed E-state index contributed by atoms with van der Waals surface area (Å²) >= 11 is 0. The maximum absolute atomic E-state index is 14.8. The second-order valence-corrected chi connectivity index (χ2v) is 12.7. The maximum Gasteiger partial charge on any atom is 0.350 e. The van der Waals surface area contributed by atoms with Gasteiger partial charge in [0.2, 0.25) is 0 Å². The molecule has 0 aliphatic heterocycles. The third-order valence-electron chi connectivity index (χ3n) is 7.72. The van der Waals surface area contributed by atoms with Crippen molar-refractivity contribution in [2.75, 3.05) is 13.2 Å². The van der Waals surface area contributed by atoms with E-state index in [2.05, 4.69) is 57.3 Å². The molecule has 1 aromatic rings. The Bertz CT molecular complexity index is 666. The molecule has 1 saturated carbocycles. The average molecular weight is 494 g/mol. The van der Waals surface area contributed by atoms with E-state index in [4.69, 9.17) is 9.05 Å². The molecular formula is C29H52NO3P. The molecule has 1 aromatic carbocycles. The van der Waals surface area contributed by atoms with Crippen LogP contribution in [0.1, 0.15) is 117 Å². The SMILES string of the molecule is CCCCC(CC)COP(=O)(OCC(CC)CCCC)C1(NCc2ccccc2)CCCCC1. The van der Waals surface area contributed by atoms with Gasteiger partial charge in [-0.15, -0.1) is 0 Å². The Morgan fingerprint density at radius 2 is 1.38 bits per heavy atom. The first-order valence-corrected chi connectivity index (χ1v) is 15.7. The predicted molar refractivity (Wildman–Crippen MR) is 145 cm³/mol. The van der Waals surface area contributed by atoms with Crippen LogP contribution in [0.2, 0.25) is 0 Å². The van der Waals surface area contributed by atoms with E-state index in [0.29, 0.717) is 31.6 Å². The zero-order valence-corrected chi connectivity index (χ0v) is 23.4. The highest BCUT2D eigenvalue weighted by Gasteiger charge is 2.51. The second-order valence-electron chi connectivity index (χ2n) is 10.4. The summed E-state index contributed by atoms with van der Waals surface area (Å²) < 4.78 is 27.8. The van der Waals surface area contributed by atoms with Gasteiger partial charge in [0, 0.05) is 6.54 Å². The quantitative estimate of drug-likeness (QED) is 0.207. The van der Waals surface area contributed by atoms with Gasteiger partial charge in [-0.1, -0.05) is 116 Å². The van der Waals surface area contributed by atoms with Gasteiger partial charge >= 0.3 is 7.60 Å². The minimum atomic E-state index is -3.37. The standard InChI is InChI=1S/C29H52NO3P/c1-5-9-17-26(7-3)24-32-34(31,33-25-27(8-4)18-10-6-2)29(21-15-12-16-22-29)30-23-28-19-13-11-14-20-28/h11,13-14,19-20,26-27,30H,5-10,12,15-18,21-25H2,1-4H3. The molecule has 0 aromatic heterocycles. The second kappa shape index (κ2) is 16.1. The normalized spacial score (nSPS) is 19.4. The summed E-state index contributed by atoms with van der Waals surface area (Å²) in [7, 11) is -3.37. The Labute approximate surface area is 210 Å². The molecule has 5 heteroatoms. The molecular weight excluding hydrogens is 441 g/mol. The van der Waals surface area contributed by atoms with Crippen LogP contribution in [0.15, 0.2) is 30.3 Å². The fourth-order valence-electron chi connectivity index (χ4n) is 5.03. The van der Waals surface area contributed by atoms with Crippen molar-refractivity contribution < 1.29 is 13.6 Å². The van der Waals surface area contributed by atoms with Crippen LogP contribution in [0.25, 0.3) is 0 Å². The van der Waals surface area contributed by atoms with E-state index in [1.54, 1.807) is 0 Å². The smallest absolute Gasteiger partial charge is 0.307 e. The van der Waals surface area contributed by atoms with Gasteiger partial charge in [0.25, 0.3) is 0 Å². The van der Waals surface area contributed by atoms with Crippen LogP contribution in [0.3, 0.4) is 0 Å². The topological polar surface area (TPSA) is 47.6 Å². The molecule has 1 fully saturated rings. The van der Waals surface area contributed by atoms with Gasteiger partial charge in [0.05, 0.1) is 13.2 Å². The minimum absolute atomic E-state index is 0.439. The molecule has 0 spiro atoms. The van der Waals surface area contributed by atoms with Crippen LogP contribution in [-0.4, -0.2) is 18.5 Å². The van der Waals surface area contributed by atoms with Gasteiger partial charge in [0.1, 0.15) is 5.28 Å². The molecule has 0 amide bonds. The van der Waals surface area contributed by atoms with Crippen LogP contribution in [0.5, 0.6) is 0 Å². The molecule has 196 valence electrons. The molecule has 2 atom stereocenters. The Morgan fingerprint density at radius 1 is 0.853 bits per heavy atom. The number of hydrogen-bond acceptors (Lipinski definition) is 4. The molecule has 34 heavy (non-hydrogen) atoms. The number of rotatable bonds is 18. The summed E-state index contributed by atoms with van der Waals surface area (Å²) in [6, 6.07) is 10.4. The van der Waals surface area contributed by atoms with Gasteiger partial charge in [-0.25, -0.2) is 0 Å². The lowest BCUT2D eigenvalue weighted by atomic mass is 9.94. The minimum Gasteiger partial charge on any atom is -0.307 e. The molecule has 0 heterocycles. The zero-order valence-electron chi connectivity index (χ0n) is 22.5. The highest BCUT2D eigenvalue weighted by molar-refractivity contribution is 7.55. The molecule has 4 nitrogen and oxygen atoms in total. The molecule has 0 radical (unpaired) electrons. The van der Waals surface area contributed by atoms with E-state index in [9.17, 15) is 4.57 Å². The number of hydrogen-bond donors (Lipinski definition) is 1. The van der Waals surface area contributed by atoms with Crippen molar-refractivity contribution >= 4 is 7.60 Å². The van der Waals surface area contributed by atoms with Crippen LogP contribution >= 0.6 is 7.60 Å². The summed E-state index contributed by atoms with van der Waals surface area (Å²) in [5.41, 5.74) is 1.21. The van der Waals surface area contributed by atoms with Crippen molar-refractivity contribution in [1.29, 1.82) is 0 Å². The van der Waals surface area contributed by atoms with E-state index in [-0.39, 0.29) is 0 Å². The summed E-state index contributed by atoms with van der Waals surface area (Å²) in [6.07, 6.45) is 14.2. The van der Waals surface area contributed by atoms with Crippen molar-refractivity contribution in [3.8, 4) is 0 Å². The fraction of sp³-hybridized carbons (Fsp3) is 0.793. The van der Waals surface area contributed by atoms with Crippen molar-refractivity contribution in [1.82, 2.24) is 5.32 Å². The lowest BCUT2D eigenvalue weighted by Crippen LogP contribution is -2.47. The third-order valence-corrected chi connectivity index (χ3v) is 10.3. The van der Waals surface area contributed by atoms with E-state index in [1.807, 2.05) is 6.07 Å². The third kappa shape index (κ3) is 9.08. The van der Waals surface area contributed by atoms with Gasteiger partial charge in [0.15, 0.2) is 0 Å². The first kappa shape index (κ1) is 29.6. The van der Waals surface area contributed by atoms with Crippen LogP contribution in [0, 0.1) is 11.8 Å². The zero-order chi connectivity index (χ0) is 24.7. The van der Waals surface area contributed by atoms with Gasteiger partial charge < -0.3 is 9.05 Å². The highest BCUT2D eigenvalue weighted by atomic mass is 31.2. The number of unbranched alkanes of at least 4 members (excludes halogenated alkanes) is 2. The molecule has 1 aliphatic carbocycles. The largest absolute Gasteiger partial charge is 0.350 e.